The van der Waals surface area contributed by atoms with Gasteiger partial charge in [0.2, 0.25) is 5.95 Å². The summed E-state index contributed by atoms with van der Waals surface area (Å²) in [6.07, 6.45) is 3.30. The lowest BCUT2D eigenvalue weighted by atomic mass is 9.91. The van der Waals surface area contributed by atoms with Crippen molar-refractivity contribution < 1.29 is 9.84 Å². The first kappa shape index (κ1) is 18.2. The van der Waals surface area contributed by atoms with Crippen molar-refractivity contribution in [3.05, 3.63) is 29.8 Å². The van der Waals surface area contributed by atoms with E-state index < -0.39 is 0 Å². The van der Waals surface area contributed by atoms with Gasteiger partial charge in [-0.15, -0.1) is 0 Å². The number of piperidine rings is 1. The summed E-state index contributed by atoms with van der Waals surface area (Å²) >= 11 is 0. The molecule has 0 spiro atoms. The van der Waals surface area contributed by atoms with Crippen LogP contribution < -0.4 is 4.90 Å². The minimum Gasteiger partial charge on any atom is -0.508 e. The smallest absolute Gasteiger partial charge is 0.245 e. The van der Waals surface area contributed by atoms with Crippen molar-refractivity contribution in [1.82, 2.24) is 25.1 Å². The maximum absolute atomic E-state index is 9.52. The number of phenolic OH excluding ortho intramolecular Hbond substituents is 1. The zero-order valence-corrected chi connectivity index (χ0v) is 15.7. The van der Waals surface area contributed by atoms with E-state index in [1.165, 1.54) is 5.56 Å². The molecule has 0 radical (unpaired) electrons. The van der Waals surface area contributed by atoms with Gasteiger partial charge in [0.1, 0.15) is 5.75 Å². The van der Waals surface area contributed by atoms with Gasteiger partial charge in [0.15, 0.2) is 0 Å². The summed E-state index contributed by atoms with van der Waals surface area (Å²) in [6.45, 7) is 7.49. The molecule has 2 aromatic rings. The van der Waals surface area contributed by atoms with Gasteiger partial charge in [0.05, 0.1) is 13.2 Å². The first-order valence-corrected chi connectivity index (χ1v) is 9.90. The Kier molecular flexibility index (Phi) is 5.84. The van der Waals surface area contributed by atoms with Crippen molar-refractivity contribution in [3.8, 4) is 5.75 Å². The highest BCUT2D eigenvalue weighted by Gasteiger charge is 2.25. The van der Waals surface area contributed by atoms with Crippen molar-refractivity contribution in [1.29, 1.82) is 0 Å². The summed E-state index contributed by atoms with van der Waals surface area (Å²) in [4.78, 5) is 4.74. The molecular weight excluding hydrogens is 344 g/mol. The number of morpholine rings is 1. The normalized spacial score (nSPS) is 21.5. The number of hydrogen-bond acceptors (Lipinski definition) is 7. The quantitative estimate of drug-likeness (QED) is 0.823. The van der Waals surface area contributed by atoms with E-state index in [0.29, 0.717) is 11.7 Å². The minimum atomic E-state index is 0.315. The molecule has 8 heteroatoms. The molecule has 4 rings (SSSR count). The Morgan fingerprint density at radius 1 is 1.07 bits per heavy atom. The summed E-state index contributed by atoms with van der Waals surface area (Å²) in [6, 6.07) is 7.58. The molecule has 1 aromatic carbocycles. The molecule has 0 aliphatic carbocycles. The highest BCUT2D eigenvalue weighted by atomic mass is 16.5. The van der Waals surface area contributed by atoms with Crippen molar-refractivity contribution in [2.24, 2.45) is 0 Å². The zero-order chi connectivity index (χ0) is 18.5. The molecule has 8 nitrogen and oxygen atoms in total. The van der Waals surface area contributed by atoms with Crippen LogP contribution in [0, 0.1) is 0 Å². The van der Waals surface area contributed by atoms with E-state index in [1.54, 1.807) is 12.1 Å². The van der Waals surface area contributed by atoms with E-state index in [1.807, 2.05) is 16.8 Å². The van der Waals surface area contributed by atoms with Crippen molar-refractivity contribution >= 4 is 5.95 Å². The van der Waals surface area contributed by atoms with Gasteiger partial charge < -0.3 is 14.7 Å². The number of phenols is 1. The Morgan fingerprint density at radius 2 is 1.89 bits per heavy atom. The summed E-state index contributed by atoms with van der Waals surface area (Å²) in [5, 5.41) is 22.0. The third kappa shape index (κ3) is 4.56. The highest BCUT2D eigenvalue weighted by Crippen LogP contribution is 2.29. The number of rotatable bonds is 6. The maximum Gasteiger partial charge on any atom is 0.245 e. The molecule has 2 aliphatic rings. The van der Waals surface area contributed by atoms with Crippen LogP contribution in [0.25, 0.3) is 0 Å². The lowest BCUT2D eigenvalue weighted by Crippen LogP contribution is -2.38. The van der Waals surface area contributed by atoms with E-state index in [9.17, 15) is 5.11 Å². The number of benzene rings is 1. The topological polar surface area (TPSA) is 79.5 Å². The molecule has 1 aromatic heterocycles. The largest absolute Gasteiger partial charge is 0.508 e. The SMILES string of the molecule is Oc1ccc(C2CCCN(c3nnnn3CCCN3CCOCC3)C2)cc1. The third-order valence-corrected chi connectivity index (χ3v) is 5.53. The van der Waals surface area contributed by atoms with Crippen LogP contribution in [0.3, 0.4) is 0 Å². The van der Waals surface area contributed by atoms with E-state index in [4.69, 9.17) is 4.74 Å². The highest BCUT2D eigenvalue weighted by molar-refractivity contribution is 5.34. The first-order valence-electron chi connectivity index (χ1n) is 9.90. The fourth-order valence-electron chi connectivity index (χ4n) is 4.02. The molecule has 2 fully saturated rings. The summed E-state index contributed by atoms with van der Waals surface area (Å²) in [5.74, 6) is 1.63. The fourth-order valence-corrected chi connectivity index (χ4v) is 4.02. The van der Waals surface area contributed by atoms with Gasteiger partial charge in [-0.3, -0.25) is 4.90 Å². The molecule has 0 saturated carbocycles. The summed E-state index contributed by atoms with van der Waals surface area (Å²) in [5.41, 5.74) is 1.27. The number of hydrogen-bond donors (Lipinski definition) is 1. The van der Waals surface area contributed by atoms with Crippen LogP contribution in [0.15, 0.2) is 24.3 Å². The fraction of sp³-hybridized carbons (Fsp3) is 0.632. The van der Waals surface area contributed by atoms with Gasteiger partial charge in [-0.2, -0.15) is 0 Å². The van der Waals surface area contributed by atoms with Gasteiger partial charge in [-0.1, -0.05) is 17.2 Å². The first-order chi connectivity index (χ1) is 13.3. The van der Waals surface area contributed by atoms with Crippen LogP contribution in [0.4, 0.5) is 5.95 Å². The number of tetrazole rings is 1. The van der Waals surface area contributed by atoms with Crippen LogP contribution in [-0.4, -0.2) is 76.2 Å². The zero-order valence-electron chi connectivity index (χ0n) is 15.7. The second kappa shape index (κ2) is 8.67. The number of aryl methyl sites for hydroxylation is 1. The van der Waals surface area contributed by atoms with E-state index >= 15 is 0 Å². The van der Waals surface area contributed by atoms with E-state index in [-0.39, 0.29) is 0 Å². The summed E-state index contributed by atoms with van der Waals surface area (Å²) in [7, 11) is 0. The number of nitrogens with zero attached hydrogens (tertiary/aromatic N) is 6. The molecule has 2 saturated heterocycles. The molecule has 2 aliphatic heterocycles. The summed E-state index contributed by atoms with van der Waals surface area (Å²) < 4.78 is 7.35. The maximum atomic E-state index is 9.52. The average Bonchev–Trinajstić information content (AvgIpc) is 3.18. The second-order valence-corrected chi connectivity index (χ2v) is 7.39. The monoisotopic (exact) mass is 372 g/mol. The predicted molar refractivity (Wildman–Crippen MR) is 102 cm³/mol. The standard InChI is InChI=1S/C19H28N6O2/c26-18-6-4-16(5-7-18)17-3-1-9-24(15-17)19-20-21-22-25(19)10-2-8-23-11-13-27-14-12-23/h4-7,17,26H,1-3,8-15H2. The Labute approximate surface area is 159 Å². The molecule has 0 amide bonds. The molecule has 1 atom stereocenters. The number of anilines is 1. The molecule has 1 N–H and O–H groups in total. The Hall–Kier alpha value is -2.19. The molecule has 1 unspecified atom stereocenters. The van der Waals surface area contributed by atoms with Gasteiger partial charge in [0.25, 0.3) is 0 Å². The van der Waals surface area contributed by atoms with Crippen LogP contribution in [-0.2, 0) is 11.3 Å². The molecule has 3 heterocycles. The average molecular weight is 372 g/mol. The molecule has 27 heavy (non-hydrogen) atoms. The lowest BCUT2D eigenvalue weighted by molar-refractivity contribution is 0.0368. The Balaban J connectivity index is 1.35. The Bertz CT molecular complexity index is 713. The Morgan fingerprint density at radius 3 is 2.70 bits per heavy atom. The van der Waals surface area contributed by atoms with E-state index in [0.717, 1.165) is 77.7 Å². The van der Waals surface area contributed by atoms with E-state index in [2.05, 4.69) is 25.3 Å². The van der Waals surface area contributed by atoms with Crippen LogP contribution >= 0.6 is 0 Å². The van der Waals surface area contributed by atoms with Gasteiger partial charge in [-0.05, 0) is 47.4 Å². The lowest BCUT2D eigenvalue weighted by Gasteiger charge is -2.33. The van der Waals surface area contributed by atoms with Crippen LogP contribution in [0.2, 0.25) is 0 Å². The van der Waals surface area contributed by atoms with Gasteiger partial charge in [-0.25, -0.2) is 4.68 Å². The van der Waals surface area contributed by atoms with Gasteiger partial charge >= 0.3 is 0 Å². The molecule has 146 valence electrons. The van der Waals surface area contributed by atoms with Crippen molar-refractivity contribution in [3.63, 3.8) is 0 Å². The van der Waals surface area contributed by atoms with Crippen molar-refractivity contribution in [2.75, 3.05) is 50.8 Å². The van der Waals surface area contributed by atoms with Crippen molar-refractivity contribution in [2.45, 2.75) is 31.7 Å². The van der Waals surface area contributed by atoms with Gasteiger partial charge in [0, 0.05) is 45.2 Å². The number of aromatic hydroxyl groups is 1. The number of ether oxygens (including phenoxy) is 1. The molecular formula is C19H28N6O2. The number of aromatic nitrogens is 4. The second-order valence-electron chi connectivity index (χ2n) is 7.39. The van der Waals surface area contributed by atoms with Crippen LogP contribution in [0.5, 0.6) is 5.75 Å². The third-order valence-electron chi connectivity index (χ3n) is 5.53. The minimum absolute atomic E-state index is 0.315. The van der Waals surface area contributed by atoms with Crippen LogP contribution in [0.1, 0.15) is 30.7 Å². The molecule has 0 bridgehead atoms. The predicted octanol–water partition coefficient (Wildman–Crippen LogP) is 1.48.